The Balaban J connectivity index is 2.07. The van der Waals surface area contributed by atoms with Gasteiger partial charge in [0.1, 0.15) is 0 Å². The minimum Gasteiger partial charge on any atom is -0.463 e. The van der Waals surface area contributed by atoms with Gasteiger partial charge < -0.3 is 9.15 Å². The molecule has 0 radical (unpaired) electrons. The summed E-state index contributed by atoms with van der Waals surface area (Å²) in [7, 11) is 1.37. The summed E-state index contributed by atoms with van der Waals surface area (Å²) in [6, 6.07) is 2.43. The van der Waals surface area contributed by atoms with Gasteiger partial charge in [-0.05, 0) is 32.4 Å². The number of rotatable bonds is 3. The minimum atomic E-state index is -0.394. The van der Waals surface area contributed by atoms with Gasteiger partial charge in [0.2, 0.25) is 5.76 Å². The van der Waals surface area contributed by atoms with E-state index in [0.717, 1.165) is 18.7 Å². The monoisotopic (exact) mass is 237 g/mol. The van der Waals surface area contributed by atoms with Crippen LogP contribution in [0.25, 0.3) is 0 Å². The number of hydrogen-bond acceptors (Lipinski definition) is 4. The van der Waals surface area contributed by atoms with Crippen LogP contribution in [-0.4, -0.2) is 30.6 Å². The van der Waals surface area contributed by atoms with Gasteiger partial charge in [0, 0.05) is 18.2 Å². The summed E-state index contributed by atoms with van der Waals surface area (Å²) in [5.74, 6) is -0.0556. The molecule has 1 aromatic heterocycles. The van der Waals surface area contributed by atoms with Gasteiger partial charge in [0.15, 0.2) is 0 Å². The van der Waals surface area contributed by atoms with E-state index in [-0.39, 0.29) is 0 Å². The molecule has 0 aromatic carbocycles. The van der Waals surface area contributed by atoms with Crippen molar-refractivity contribution < 1.29 is 13.9 Å². The first-order valence-corrected chi connectivity index (χ1v) is 6.11. The molecule has 1 fully saturated rings. The molecule has 94 valence electrons. The van der Waals surface area contributed by atoms with Crippen LogP contribution in [0, 0.1) is 0 Å². The first kappa shape index (κ1) is 12.2. The Morgan fingerprint density at radius 1 is 1.59 bits per heavy atom. The highest BCUT2D eigenvalue weighted by atomic mass is 16.5. The number of piperidine rings is 1. The molecular weight excluding hydrogens is 218 g/mol. The molecule has 2 rings (SSSR count). The topological polar surface area (TPSA) is 42.7 Å². The molecule has 4 heteroatoms. The predicted molar refractivity (Wildman–Crippen MR) is 63.8 cm³/mol. The van der Waals surface area contributed by atoms with E-state index >= 15 is 0 Å². The fourth-order valence-electron chi connectivity index (χ4n) is 2.34. The van der Waals surface area contributed by atoms with Gasteiger partial charge in [-0.25, -0.2) is 4.79 Å². The number of ether oxygens (including phenoxy) is 1. The lowest BCUT2D eigenvalue weighted by Gasteiger charge is -2.33. The zero-order valence-electron chi connectivity index (χ0n) is 10.4. The first-order chi connectivity index (χ1) is 8.22. The molecule has 0 amide bonds. The lowest BCUT2D eigenvalue weighted by Crippen LogP contribution is -2.37. The summed E-state index contributed by atoms with van der Waals surface area (Å²) < 4.78 is 9.89. The second kappa shape index (κ2) is 5.36. The molecular formula is C13H19NO3. The summed E-state index contributed by atoms with van der Waals surface area (Å²) >= 11 is 0. The molecule has 0 unspecified atom stereocenters. The van der Waals surface area contributed by atoms with Crippen molar-refractivity contribution in [3.8, 4) is 0 Å². The highest BCUT2D eigenvalue weighted by Gasteiger charge is 2.22. The molecule has 2 heterocycles. The number of carbonyl (C=O) groups excluding carboxylic acids is 1. The van der Waals surface area contributed by atoms with E-state index in [2.05, 4.69) is 11.8 Å². The number of furan rings is 1. The van der Waals surface area contributed by atoms with Crippen molar-refractivity contribution in [1.29, 1.82) is 0 Å². The average molecular weight is 237 g/mol. The standard InChI is InChI=1S/C13H19NO3/c1-10-5-3-4-7-14(10)9-11-6-8-17-12(11)13(15)16-2/h6,8,10H,3-5,7,9H2,1-2H3/t10-/m0/s1. The molecule has 4 nitrogen and oxygen atoms in total. The van der Waals surface area contributed by atoms with Crippen LogP contribution in [0.15, 0.2) is 16.7 Å². The van der Waals surface area contributed by atoms with Crippen molar-refractivity contribution in [2.75, 3.05) is 13.7 Å². The highest BCUT2D eigenvalue weighted by molar-refractivity contribution is 5.87. The van der Waals surface area contributed by atoms with E-state index in [1.54, 1.807) is 6.26 Å². The Morgan fingerprint density at radius 2 is 2.41 bits per heavy atom. The summed E-state index contributed by atoms with van der Waals surface area (Å²) in [6.45, 7) is 4.09. The molecule has 1 aromatic rings. The Bertz CT molecular complexity index is 386. The van der Waals surface area contributed by atoms with Crippen LogP contribution in [0.3, 0.4) is 0 Å². The van der Waals surface area contributed by atoms with Gasteiger partial charge in [-0.3, -0.25) is 4.90 Å². The largest absolute Gasteiger partial charge is 0.463 e. The number of likely N-dealkylation sites (tertiary alicyclic amines) is 1. The van der Waals surface area contributed by atoms with E-state index in [0.29, 0.717) is 11.8 Å². The summed E-state index contributed by atoms with van der Waals surface area (Å²) in [5.41, 5.74) is 0.922. The quantitative estimate of drug-likeness (QED) is 0.757. The zero-order chi connectivity index (χ0) is 12.3. The molecule has 17 heavy (non-hydrogen) atoms. The SMILES string of the molecule is COC(=O)c1occc1CN1CCCC[C@@H]1C. The molecule has 0 aliphatic carbocycles. The smallest absolute Gasteiger partial charge is 0.374 e. The average Bonchev–Trinajstić information content (AvgIpc) is 2.79. The predicted octanol–water partition coefficient (Wildman–Crippen LogP) is 2.44. The van der Waals surface area contributed by atoms with Crippen LogP contribution in [0.2, 0.25) is 0 Å². The molecule has 0 bridgehead atoms. The Hall–Kier alpha value is -1.29. The first-order valence-electron chi connectivity index (χ1n) is 6.11. The lowest BCUT2D eigenvalue weighted by molar-refractivity contribution is 0.0559. The van der Waals surface area contributed by atoms with Crippen molar-refractivity contribution >= 4 is 5.97 Å². The Labute approximate surface area is 102 Å². The fourth-order valence-corrected chi connectivity index (χ4v) is 2.34. The molecule has 0 spiro atoms. The van der Waals surface area contributed by atoms with Crippen molar-refractivity contribution in [2.24, 2.45) is 0 Å². The third kappa shape index (κ3) is 2.69. The summed E-state index contributed by atoms with van der Waals surface area (Å²) in [6.07, 6.45) is 5.31. The van der Waals surface area contributed by atoms with E-state index in [4.69, 9.17) is 9.15 Å². The molecule has 1 saturated heterocycles. The summed E-state index contributed by atoms with van der Waals surface area (Å²) in [4.78, 5) is 13.9. The number of carbonyl (C=O) groups is 1. The second-order valence-corrected chi connectivity index (χ2v) is 4.58. The van der Waals surface area contributed by atoms with Crippen LogP contribution in [0.5, 0.6) is 0 Å². The van der Waals surface area contributed by atoms with Crippen molar-refractivity contribution in [3.63, 3.8) is 0 Å². The third-order valence-electron chi connectivity index (χ3n) is 3.43. The van der Waals surface area contributed by atoms with Gasteiger partial charge >= 0.3 is 5.97 Å². The van der Waals surface area contributed by atoms with Crippen LogP contribution >= 0.6 is 0 Å². The molecule has 0 saturated carbocycles. The Morgan fingerprint density at radius 3 is 3.12 bits per heavy atom. The van der Waals surface area contributed by atoms with Crippen LogP contribution < -0.4 is 0 Å². The van der Waals surface area contributed by atoms with E-state index in [1.165, 1.54) is 26.4 Å². The third-order valence-corrected chi connectivity index (χ3v) is 3.43. The van der Waals surface area contributed by atoms with Gasteiger partial charge in [0.05, 0.1) is 13.4 Å². The molecule has 0 N–H and O–H groups in total. The molecule has 1 atom stereocenters. The van der Waals surface area contributed by atoms with Crippen molar-refractivity contribution in [2.45, 2.75) is 38.8 Å². The number of hydrogen-bond donors (Lipinski definition) is 0. The van der Waals surface area contributed by atoms with Gasteiger partial charge in [-0.2, -0.15) is 0 Å². The molecule has 1 aliphatic rings. The zero-order valence-corrected chi connectivity index (χ0v) is 10.4. The number of methoxy groups -OCH3 is 1. The van der Waals surface area contributed by atoms with Crippen LogP contribution in [0.1, 0.15) is 42.3 Å². The van der Waals surface area contributed by atoms with Gasteiger partial charge in [0.25, 0.3) is 0 Å². The lowest BCUT2D eigenvalue weighted by atomic mass is 10.0. The fraction of sp³-hybridized carbons (Fsp3) is 0.615. The number of nitrogens with zero attached hydrogens (tertiary/aromatic N) is 1. The maximum atomic E-state index is 11.5. The van der Waals surface area contributed by atoms with E-state index < -0.39 is 5.97 Å². The van der Waals surface area contributed by atoms with E-state index in [9.17, 15) is 4.79 Å². The second-order valence-electron chi connectivity index (χ2n) is 4.58. The highest BCUT2D eigenvalue weighted by Crippen LogP contribution is 2.21. The van der Waals surface area contributed by atoms with Crippen LogP contribution in [-0.2, 0) is 11.3 Å². The van der Waals surface area contributed by atoms with E-state index in [1.807, 2.05) is 6.07 Å². The maximum absolute atomic E-state index is 11.5. The Kier molecular flexibility index (Phi) is 3.84. The maximum Gasteiger partial charge on any atom is 0.374 e. The van der Waals surface area contributed by atoms with Gasteiger partial charge in [-0.15, -0.1) is 0 Å². The molecule has 1 aliphatic heterocycles. The van der Waals surface area contributed by atoms with Crippen molar-refractivity contribution in [3.05, 3.63) is 23.7 Å². The van der Waals surface area contributed by atoms with Gasteiger partial charge in [-0.1, -0.05) is 6.42 Å². The summed E-state index contributed by atoms with van der Waals surface area (Å²) in [5, 5.41) is 0. The normalized spacial score (nSPS) is 21.4. The minimum absolute atomic E-state index is 0.338. The van der Waals surface area contributed by atoms with Crippen molar-refractivity contribution in [1.82, 2.24) is 4.90 Å². The van der Waals surface area contributed by atoms with Crippen LogP contribution in [0.4, 0.5) is 0 Å². The number of esters is 1.